The molecule has 0 aliphatic rings. The number of carboxylic acid groups (broad SMARTS) is 2. The average Bonchev–Trinajstić information content (AvgIpc) is 2.85. The molecular formula is C30H42CaO6. The van der Waals surface area contributed by atoms with Gasteiger partial charge in [0.15, 0.2) is 0 Å². The molecule has 0 fully saturated rings. The minimum Gasteiger partial charge on any atom is -0.872 e. The zero-order valence-corrected chi connectivity index (χ0v) is 24.8. The standard InChI is InChI=1S/2C15H22O3.Ca/c2*1-2-3-4-5-6-7-8-12-9-10-13(15(17)18)11-14(12)16;/h2*9-11,16H,2-8H2,1H3,(H,17,18);/q;;+2/p-2. The number of unbranched alkanes of at least 4 members (excludes halogenated alkanes) is 10. The fraction of sp³-hybridized carbons (Fsp3) is 0.533. The predicted molar refractivity (Wildman–Crippen MR) is 145 cm³/mol. The van der Waals surface area contributed by atoms with Crippen LogP contribution >= 0.6 is 0 Å². The number of carbonyl (C=O) groups excluding carboxylic acids is 1. The van der Waals surface area contributed by atoms with E-state index in [4.69, 9.17) is 5.11 Å². The normalized spacial score (nSPS) is 10.2. The summed E-state index contributed by atoms with van der Waals surface area (Å²) in [7, 11) is 0. The van der Waals surface area contributed by atoms with Crippen LogP contribution in [0.5, 0.6) is 11.5 Å². The molecule has 0 radical (unpaired) electrons. The van der Waals surface area contributed by atoms with Crippen LogP contribution in [0.25, 0.3) is 0 Å². The van der Waals surface area contributed by atoms with E-state index in [2.05, 4.69) is 13.8 Å². The number of hydrogen-bond acceptors (Lipinski definition) is 5. The monoisotopic (exact) mass is 538 g/mol. The van der Waals surface area contributed by atoms with Gasteiger partial charge in [-0.25, -0.2) is 4.79 Å². The predicted octanol–water partition coefficient (Wildman–Crippen LogP) is 5.64. The molecule has 0 amide bonds. The molecule has 0 atom stereocenters. The van der Waals surface area contributed by atoms with Crippen molar-refractivity contribution >= 4 is 49.7 Å². The van der Waals surface area contributed by atoms with Crippen molar-refractivity contribution in [2.45, 2.75) is 104 Å². The minimum atomic E-state index is -1.29. The van der Waals surface area contributed by atoms with Crippen LogP contribution in [0.15, 0.2) is 36.4 Å². The van der Waals surface area contributed by atoms with E-state index in [1.807, 2.05) is 0 Å². The van der Waals surface area contributed by atoms with E-state index in [1.54, 1.807) is 18.2 Å². The van der Waals surface area contributed by atoms with Crippen molar-refractivity contribution in [1.82, 2.24) is 0 Å². The topological polar surface area (TPSA) is 121 Å². The van der Waals surface area contributed by atoms with Crippen LogP contribution in [0.4, 0.5) is 0 Å². The number of aryl methyl sites for hydroxylation is 2. The molecule has 2 aromatic carbocycles. The van der Waals surface area contributed by atoms with Crippen LogP contribution < -0.4 is 10.2 Å². The van der Waals surface area contributed by atoms with Gasteiger partial charge in [-0.1, -0.05) is 108 Å². The summed E-state index contributed by atoms with van der Waals surface area (Å²) in [6.45, 7) is 4.38. The quantitative estimate of drug-likeness (QED) is 0.211. The second kappa shape index (κ2) is 21.2. The number of aromatic carboxylic acids is 2. The van der Waals surface area contributed by atoms with E-state index in [1.165, 1.54) is 69.9 Å². The Morgan fingerprint density at radius 3 is 1.62 bits per heavy atom. The van der Waals surface area contributed by atoms with Gasteiger partial charge in [0.05, 0.1) is 11.5 Å². The van der Waals surface area contributed by atoms with E-state index in [-0.39, 0.29) is 60.4 Å². The van der Waals surface area contributed by atoms with Gasteiger partial charge in [0.2, 0.25) is 0 Å². The van der Waals surface area contributed by atoms with Gasteiger partial charge in [0, 0.05) is 0 Å². The molecule has 37 heavy (non-hydrogen) atoms. The van der Waals surface area contributed by atoms with E-state index >= 15 is 0 Å². The summed E-state index contributed by atoms with van der Waals surface area (Å²) in [5, 5.41) is 40.7. The van der Waals surface area contributed by atoms with Crippen LogP contribution in [0.3, 0.4) is 0 Å². The Labute approximate surface area is 252 Å². The first-order chi connectivity index (χ1) is 17.3. The fourth-order valence-electron chi connectivity index (χ4n) is 3.99. The average molecular weight is 539 g/mol. The molecule has 2 rings (SSSR count). The Hall–Kier alpha value is -1.76. The molecule has 7 heteroatoms. The van der Waals surface area contributed by atoms with Gasteiger partial charge in [-0.15, -0.1) is 5.75 Å². The van der Waals surface area contributed by atoms with Gasteiger partial charge in [-0.05, 0) is 48.9 Å². The molecule has 2 aromatic rings. The third kappa shape index (κ3) is 15.3. The van der Waals surface area contributed by atoms with E-state index < -0.39 is 11.9 Å². The molecule has 0 heterocycles. The van der Waals surface area contributed by atoms with Crippen molar-refractivity contribution in [2.24, 2.45) is 0 Å². The molecule has 0 spiro atoms. The van der Waals surface area contributed by atoms with Crippen LogP contribution in [-0.2, 0) is 12.8 Å². The van der Waals surface area contributed by atoms with Crippen molar-refractivity contribution in [1.29, 1.82) is 0 Å². The van der Waals surface area contributed by atoms with Crippen LogP contribution in [0.1, 0.15) is 123 Å². The van der Waals surface area contributed by atoms with Crippen LogP contribution in [0.2, 0.25) is 0 Å². The van der Waals surface area contributed by atoms with E-state index in [0.29, 0.717) is 5.56 Å². The van der Waals surface area contributed by atoms with Gasteiger partial charge in [-0.3, -0.25) is 0 Å². The Morgan fingerprint density at radius 2 is 1.16 bits per heavy atom. The summed E-state index contributed by atoms with van der Waals surface area (Å²) in [4.78, 5) is 21.3. The molecule has 2 N–H and O–H groups in total. The summed E-state index contributed by atoms with van der Waals surface area (Å²) in [6.07, 6.45) is 15.9. The first-order valence-corrected chi connectivity index (χ1v) is 13.4. The first-order valence-electron chi connectivity index (χ1n) is 13.4. The molecule has 0 aliphatic carbocycles. The van der Waals surface area contributed by atoms with Gasteiger partial charge >= 0.3 is 43.7 Å². The molecule has 200 valence electrons. The second-order valence-corrected chi connectivity index (χ2v) is 9.29. The van der Waals surface area contributed by atoms with Gasteiger partial charge in [-0.2, -0.15) is 0 Å². The minimum absolute atomic E-state index is 0. The number of carboxylic acids is 2. The first kappa shape index (κ1) is 35.2. The van der Waals surface area contributed by atoms with Gasteiger partial charge in [0.25, 0.3) is 0 Å². The zero-order valence-electron chi connectivity index (χ0n) is 22.6. The summed E-state index contributed by atoms with van der Waals surface area (Å²) in [5.74, 6) is -2.39. The van der Waals surface area contributed by atoms with Crippen molar-refractivity contribution in [3.8, 4) is 11.5 Å². The van der Waals surface area contributed by atoms with Crippen molar-refractivity contribution in [3.05, 3.63) is 58.7 Å². The smallest absolute Gasteiger partial charge is 0.872 e. The molecule has 0 saturated heterocycles. The largest absolute Gasteiger partial charge is 2.00 e. The Morgan fingerprint density at radius 1 is 0.703 bits per heavy atom. The molecule has 0 aliphatic heterocycles. The number of rotatable bonds is 16. The summed E-state index contributed by atoms with van der Waals surface area (Å²) >= 11 is 0. The molecule has 0 bridgehead atoms. The number of hydrogen-bond donors (Lipinski definition) is 2. The van der Waals surface area contributed by atoms with Gasteiger partial charge < -0.3 is 25.2 Å². The molecule has 0 aromatic heterocycles. The maximum atomic E-state index is 11.6. The fourth-order valence-corrected chi connectivity index (χ4v) is 3.99. The zero-order chi connectivity index (χ0) is 26.8. The number of carbonyl (C=O) groups is 2. The van der Waals surface area contributed by atoms with E-state index in [0.717, 1.165) is 43.7 Å². The second-order valence-electron chi connectivity index (χ2n) is 9.29. The SMILES string of the molecule is CCCCCCCCc1ccc(C(=O)O)cc1O.CCCCCCCCc1ccc(C(=O)[O-])cc1[O-].[Ca+2]. The van der Waals surface area contributed by atoms with Crippen LogP contribution in [-0.4, -0.2) is 59.9 Å². The maximum absolute atomic E-state index is 11.6. The van der Waals surface area contributed by atoms with Crippen molar-refractivity contribution in [2.75, 3.05) is 0 Å². The maximum Gasteiger partial charge on any atom is 2.00 e. The molecule has 0 unspecified atom stereocenters. The Balaban J connectivity index is 0.000000682. The van der Waals surface area contributed by atoms with Crippen LogP contribution in [0, 0.1) is 0 Å². The Bertz CT molecular complexity index is 853. The van der Waals surface area contributed by atoms with Gasteiger partial charge in [0.1, 0.15) is 5.75 Å². The third-order valence-corrected chi connectivity index (χ3v) is 6.23. The summed E-state index contributed by atoms with van der Waals surface area (Å²) < 4.78 is 0. The summed E-state index contributed by atoms with van der Waals surface area (Å²) in [6, 6.07) is 8.80. The third-order valence-electron chi connectivity index (χ3n) is 6.23. The van der Waals surface area contributed by atoms with Crippen molar-refractivity contribution in [3.63, 3.8) is 0 Å². The number of benzene rings is 2. The van der Waals surface area contributed by atoms with Crippen molar-refractivity contribution < 1.29 is 30.0 Å². The number of phenols is 1. The number of phenolic OH excluding ortho intramolecular Hbond substituents is 1. The molecular weight excluding hydrogens is 496 g/mol. The molecule has 0 saturated carbocycles. The van der Waals surface area contributed by atoms with E-state index in [9.17, 15) is 24.9 Å². The number of aromatic hydroxyl groups is 1. The molecule has 6 nitrogen and oxygen atoms in total. The Kier molecular flexibility index (Phi) is 20.2. The summed E-state index contributed by atoms with van der Waals surface area (Å²) in [5.41, 5.74) is 1.65.